The van der Waals surface area contributed by atoms with Gasteiger partial charge in [-0.2, -0.15) is 0 Å². The molecule has 17 heteroatoms. The molecule has 62 heavy (non-hydrogen) atoms. The Morgan fingerprint density at radius 3 is 2.32 bits per heavy atom. The van der Waals surface area contributed by atoms with E-state index in [4.69, 9.17) is 15.2 Å². The second kappa shape index (κ2) is 21.7. The number of rotatable bonds is 18. The van der Waals surface area contributed by atoms with E-state index in [0.717, 1.165) is 21.7 Å². The minimum absolute atomic E-state index is 0.00608. The summed E-state index contributed by atoms with van der Waals surface area (Å²) in [6.07, 6.45) is -0.836. The number of aliphatic hydroxyl groups excluding tert-OH is 1. The van der Waals surface area contributed by atoms with Crippen molar-refractivity contribution in [3.63, 3.8) is 0 Å². The second-order valence-electron chi connectivity index (χ2n) is 18.0. The zero-order valence-electron chi connectivity index (χ0n) is 37.4. The molecular weight excluding hydrogens is 818 g/mol. The lowest BCUT2D eigenvalue weighted by Gasteiger charge is -2.35. The van der Waals surface area contributed by atoms with Crippen molar-refractivity contribution in [2.24, 2.45) is 11.1 Å². The lowest BCUT2D eigenvalue weighted by atomic mass is 9.85. The second-order valence-corrected chi connectivity index (χ2v) is 18.9. The molecule has 1 aliphatic rings. The number of β-amino-alcohol motifs (C(OH)–C–C–N with tert-alkyl or cyclic N) is 1. The number of likely N-dealkylation sites (tertiary alicyclic amines) is 1. The fraction of sp³-hybridized carbons (Fsp3) is 0.556. The molecule has 5 amide bonds. The number of thiazole rings is 1. The smallest absolute Gasteiger partial charge is 0.407 e. The first kappa shape index (κ1) is 49.4. The van der Waals surface area contributed by atoms with Gasteiger partial charge in [-0.15, -0.1) is 11.3 Å². The first-order chi connectivity index (χ1) is 29.0. The maximum absolute atomic E-state index is 15.8. The molecule has 0 spiro atoms. The number of aryl methyl sites for hydroxylation is 2. The highest BCUT2D eigenvalue weighted by atomic mass is 32.1. The molecule has 4 rings (SSSR count). The molecule has 2 aromatic carbocycles. The maximum atomic E-state index is 15.8. The summed E-state index contributed by atoms with van der Waals surface area (Å²) in [6, 6.07) is 9.94. The number of benzene rings is 2. The van der Waals surface area contributed by atoms with Crippen molar-refractivity contribution in [2.75, 3.05) is 31.6 Å². The molecule has 1 aliphatic heterocycles. The van der Waals surface area contributed by atoms with Gasteiger partial charge in [-0.3, -0.25) is 14.4 Å². The van der Waals surface area contributed by atoms with Gasteiger partial charge in [-0.1, -0.05) is 57.2 Å². The lowest BCUT2D eigenvalue weighted by Crippen LogP contribution is -2.58. The number of hydrogen-bond donors (Lipinski definition) is 5. The van der Waals surface area contributed by atoms with E-state index in [-0.39, 0.29) is 45.0 Å². The molecule has 1 fully saturated rings. The van der Waals surface area contributed by atoms with Crippen molar-refractivity contribution in [3.05, 3.63) is 70.6 Å². The van der Waals surface area contributed by atoms with Gasteiger partial charge >= 0.3 is 12.2 Å². The van der Waals surface area contributed by atoms with E-state index in [2.05, 4.69) is 20.9 Å². The highest BCUT2D eigenvalue weighted by molar-refractivity contribution is 7.13. The van der Waals surface area contributed by atoms with E-state index >= 15 is 4.39 Å². The predicted octanol–water partition coefficient (Wildman–Crippen LogP) is 6.16. The number of aliphatic hydroxyl groups is 1. The summed E-state index contributed by atoms with van der Waals surface area (Å²) in [5, 5.41) is 19.1. The lowest BCUT2D eigenvalue weighted by molar-refractivity contribution is -0.142. The summed E-state index contributed by atoms with van der Waals surface area (Å²) in [7, 11) is 1.69. The van der Waals surface area contributed by atoms with E-state index < -0.39 is 71.0 Å². The number of ether oxygens (including phenoxy) is 2. The van der Waals surface area contributed by atoms with Crippen LogP contribution >= 0.6 is 11.3 Å². The first-order valence-corrected chi connectivity index (χ1v) is 21.9. The summed E-state index contributed by atoms with van der Waals surface area (Å²) < 4.78 is 26.6. The third-order valence-electron chi connectivity index (χ3n) is 10.5. The molecule has 1 saturated heterocycles. The molecule has 5 atom stereocenters. The van der Waals surface area contributed by atoms with Crippen molar-refractivity contribution >= 4 is 46.9 Å². The summed E-state index contributed by atoms with van der Waals surface area (Å²) in [6.45, 7) is 14.5. The SMILES string of the molecule is Cc1ncsc1-c1ccc([C@H](C)NC(=O)[C@@H]2C[C@@H](O)CN2C(=O)[C@@H](NC(=O)OCCCCc2cccc(N(C)CC(CCC(N)=O)NC(=O)OC(C)(C)C)c2F)C(C)(C)C)cc1. The van der Waals surface area contributed by atoms with Gasteiger partial charge in [0.15, 0.2) is 0 Å². The van der Waals surface area contributed by atoms with Crippen molar-refractivity contribution in [3.8, 4) is 10.4 Å². The van der Waals surface area contributed by atoms with Crippen LogP contribution in [-0.2, 0) is 30.3 Å². The van der Waals surface area contributed by atoms with Gasteiger partial charge in [0.2, 0.25) is 17.7 Å². The predicted molar refractivity (Wildman–Crippen MR) is 237 cm³/mol. The van der Waals surface area contributed by atoms with Gasteiger partial charge in [0, 0.05) is 33.0 Å². The molecule has 1 unspecified atom stereocenters. The monoisotopic (exact) mass is 881 g/mol. The van der Waals surface area contributed by atoms with Crippen LogP contribution in [0.5, 0.6) is 0 Å². The Hall–Kier alpha value is -5.29. The van der Waals surface area contributed by atoms with E-state index in [9.17, 15) is 29.1 Å². The van der Waals surface area contributed by atoms with Crippen LogP contribution in [-0.4, -0.2) is 101 Å². The third-order valence-corrected chi connectivity index (χ3v) is 11.5. The fourth-order valence-electron chi connectivity index (χ4n) is 7.24. The van der Waals surface area contributed by atoms with Gasteiger partial charge < -0.3 is 46.1 Å². The van der Waals surface area contributed by atoms with E-state index in [0.29, 0.717) is 30.5 Å². The number of primary amides is 1. The Morgan fingerprint density at radius 2 is 1.71 bits per heavy atom. The number of amides is 5. The first-order valence-electron chi connectivity index (χ1n) is 21.0. The number of nitrogens with zero attached hydrogens (tertiary/aromatic N) is 3. The molecule has 0 saturated carbocycles. The minimum atomic E-state index is -1.07. The quantitative estimate of drug-likeness (QED) is 0.0921. The molecule has 3 aromatic rings. The Balaban J connectivity index is 1.29. The zero-order chi connectivity index (χ0) is 45.9. The Bertz CT molecular complexity index is 2020. The van der Waals surface area contributed by atoms with Gasteiger partial charge in [0.1, 0.15) is 23.5 Å². The van der Waals surface area contributed by atoms with Crippen LogP contribution in [0.4, 0.5) is 19.7 Å². The topological polar surface area (TPSA) is 206 Å². The molecule has 6 N–H and O–H groups in total. The Kier molecular flexibility index (Phi) is 17.3. The summed E-state index contributed by atoms with van der Waals surface area (Å²) in [5.41, 5.74) is 9.25. The molecule has 340 valence electrons. The van der Waals surface area contributed by atoms with Gasteiger partial charge in [0.05, 0.1) is 46.6 Å². The number of carbonyl (C=O) groups is 5. The van der Waals surface area contributed by atoms with Crippen LogP contribution in [0.25, 0.3) is 10.4 Å². The van der Waals surface area contributed by atoms with Crippen LogP contribution in [0.3, 0.4) is 0 Å². The average Bonchev–Trinajstić information content (AvgIpc) is 3.80. The van der Waals surface area contributed by atoms with Crippen molar-refractivity contribution in [1.29, 1.82) is 0 Å². The molecule has 1 aromatic heterocycles. The normalized spacial score (nSPS) is 16.8. The Labute approximate surface area is 368 Å². The van der Waals surface area contributed by atoms with Crippen LogP contribution in [0.2, 0.25) is 0 Å². The number of carbonyl (C=O) groups excluding carboxylic acids is 5. The minimum Gasteiger partial charge on any atom is -0.450 e. The number of anilines is 1. The summed E-state index contributed by atoms with van der Waals surface area (Å²) in [5.74, 6) is -1.88. The van der Waals surface area contributed by atoms with Crippen LogP contribution in [0.15, 0.2) is 48.0 Å². The summed E-state index contributed by atoms with van der Waals surface area (Å²) in [4.78, 5) is 73.1. The third kappa shape index (κ3) is 14.4. The molecule has 15 nitrogen and oxygen atoms in total. The number of aromatic nitrogens is 1. The number of unbranched alkanes of at least 4 members (excludes halogenated alkanes) is 1. The molecule has 0 aliphatic carbocycles. The highest BCUT2D eigenvalue weighted by Crippen LogP contribution is 2.30. The van der Waals surface area contributed by atoms with E-state index in [1.807, 2.05) is 38.1 Å². The average molecular weight is 882 g/mol. The summed E-state index contributed by atoms with van der Waals surface area (Å²) >= 11 is 1.56. The van der Waals surface area contributed by atoms with Crippen molar-refractivity contribution in [1.82, 2.24) is 25.8 Å². The van der Waals surface area contributed by atoms with Gasteiger partial charge in [0.25, 0.3) is 0 Å². The number of halogens is 1. The highest BCUT2D eigenvalue weighted by Gasteiger charge is 2.45. The fourth-order valence-corrected chi connectivity index (χ4v) is 8.05. The van der Waals surface area contributed by atoms with Gasteiger partial charge in [-0.25, -0.2) is 19.0 Å². The van der Waals surface area contributed by atoms with E-state index in [1.54, 1.807) is 88.5 Å². The number of nitrogens with one attached hydrogen (secondary N) is 3. The number of likely N-dealkylation sites (N-methyl/N-ethyl adjacent to an activating group) is 1. The number of hydrogen-bond acceptors (Lipinski definition) is 11. The van der Waals surface area contributed by atoms with Crippen LogP contribution in [0.1, 0.15) is 103 Å². The van der Waals surface area contributed by atoms with Crippen molar-refractivity contribution < 1.29 is 42.9 Å². The van der Waals surface area contributed by atoms with E-state index in [1.165, 1.54) is 4.90 Å². The zero-order valence-corrected chi connectivity index (χ0v) is 38.2. The van der Waals surface area contributed by atoms with Crippen LogP contribution in [0, 0.1) is 18.2 Å². The van der Waals surface area contributed by atoms with Gasteiger partial charge in [-0.05, 0) is 88.5 Å². The molecule has 0 radical (unpaired) electrons. The van der Waals surface area contributed by atoms with Crippen LogP contribution < -0.4 is 26.6 Å². The Morgan fingerprint density at radius 1 is 1.02 bits per heavy atom. The number of alkyl carbamates (subject to hydrolysis) is 2. The standard InChI is InChI=1S/C45H64FN7O8S/c1-27(29-16-18-31(19-17-29)38-28(2)48-26-62-38)49-40(56)35-23-33(54)25-53(35)41(57)39(44(3,4)5)51-42(58)60-22-11-10-13-30-14-12-15-34(37(30)46)52(9)24-32(20-21-36(47)55)50-43(59)61-45(6,7)8/h12,14-19,26-27,32-33,35,39,54H,10-11,13,20-25H2,1-9H3,(H2,47,55)(H,49,56)(H,50,59)(H,51,58)/t27-,32?,33+,35-,39+/m0/s1. The molecule has 2 heterocycles. The van der Waals surface area contributed by atoms with Crippen molar-refractivity contribution in [2.45, 2.75) is 130 Å². The maximum Gasteiger partial charge on any atom is 0.407 e. The molecular formula is C45H64FN7O8S. The molecule has 0 bridgehead atoms. The largest absolute Gasteiger partial charge is 0.450 e. The number of nitrogens with two attached hydrogens (primary N) is 1.